The van der Waals surface area contributed by atoms with Gasteiger partial charge in [0.25, 0.3) is 5.91 Å². The number of carbonyl (C=O) groups is 2. The first kappa shape index (κ1) is 19.1. The summed E-state index contributed by atoms with van der Waals surface area (Å²) in [4.78, 5) is 36.7. The van der Waals surface area contributed by atoms with Gasteiger partial charge in [-0.1, -0.05) is 17.7 Å². The van der Waals surface area contributed by atoms with Gasteiger partial charge in [-0.15, -0.1) is 0 Å². The fourth-order valence-electron chi connectivity index (χ4n) is 2.95. The van der Waals surface area contributed by atoms with Gasteiger partial charge in [0.05, 0.1) is 0 Å². The minimum Gasteiger partial charge on any atom is -0.353 e. The molecule has 0 bridgehead atoms. The van der Waals surface area contributed by atoms with Crippen molar-refractivity contribution in [2.45, 2.75) is 20.8 Å². The Balaban J connectivity index is 1.75. The number of carbonyl (C=O) groups excluding carboxylic acids is 2. The largest absolute Gasteiger partial charge is 0.353 e. The van der Waals surface area contributed by atoms with Crippen LogP contribution in [0.25, 0.3) is 0 Å². The van der Waals surface area contributed by atoms with Gasteiger partial charge < -0.3 is 15.1 Å². The maximum absolute atomic E-state index is 12.6. The van der Waals surface area contributed by atoms with E-state index in [1.54, 1.807) is 36.9 Å². The van der Waals surface area contributed by atoms with Crippen molar-refractivity contribution in [3.8, 4) is 0 Å². The van der Waals surface area contributed by atoms with E-state index in [4.69, 9.17) is 11.6 Å². The van der Waals surface area contributed by atoms with Crippen LogP contribution >= 0.6 is 11.6 Å². The fourth-order valence-corrected chi connectivity index (χ4v) is 3.13. The van der Waals surface area contributed by atoms with Gasteiger partial charge in [0.2, 0.25) is 5.91 Å². The fraction of sp³-hybridized carbons (Fsp3) is 0.368. The number of aryl methyl sites for hydroxylation is 2. The smallest absolute Gasteiger partial charge is 0.274 e. The highest BCUT2D eigenvalue weighted by Gasteiger charge is 2.21. The number of rotatable bonds is 3. The lowest BCUT2D eigenvalue weighted by Crippen LogP contribution is -2.48. The van der Waals surface area contributed by atoms with Crippen molar-refractivity contribution in [3.05, 3.63) is 46.4 Å². The molecule has 0 radical (unpaired) electrons. The summed E-state index contributed by atoms with van der Waals surface area (Å²) in [7, 11) is 0. The molecule has 1 fully saturated rings. The number of aromatic nitrogens is 2. The van der Waals surface area contributed by atoms with E-state index in [1.165, 1.54) is 0 Å². The second-order valence-corrected chi connectivity index (χ2v) is 6.98. The minimum atomic E-state index is -0.316. The lowest BCUT2D eigenvalue weighted by molar-refractivity contribution is -0.129. The number of halogens is 1. The third-order valence-corrected chi connectivity index (χ3v) is 4.94. The molecule has 0 atom stereocenters. The molecule has 3 rings (SSSR count). The summed E-state index contributed by atoms with van der Waals surface area (Å²) >= 11 is 6.12. The van der Waals surface area contributed by atoms with Crippen LogP contribution in [0.1, 0.15) is 28.8 Å². The first-order valence-electron chi connectivity index (χ1n) is 8.77. The van der Waals surface area contributed by atoms with E-state index in [9.17, 15) is 9.59 Å². The molecule has 2 amide bonds. The van der Waals surface area contributed by atoms with Crippen LogP contribution in [-0.4, -0.2) is 52.9 Å². The quantitative estimate of drug-likeness (QED) is 0.875. The van der Waals surface area contributed by atoms with E-state index >= 15 is 0 Å². The molecule has 8 heteroatoms. The molecule has 7 nitrogen and oxygen atoms in total. The third-order valence-electron chi connectivity index (χ3n) is 4.54. The van der Waals surface area contributed by atoms with Crippen molar-refractivity contribution in [3.63, 3.8) is 0 Å². The predicted molar refractivity (Wildman–Crippen MR) is 105 cm³/mol. The number of hydrogen-bond acceptors (Lipinski definition) is 5. The predicted octanol–water partition coefficient (Wildman–Crippen LogP) is 2.67. The van der Waals surface area contributed by atoms with Crippen LogP contribution in [-0.2, 0) is 4.79 Å². The Kier molecular flexibility index (Phi) is 5.60. The average Bonchev–Trinajstić information content (AvgIpc) is 2.64. The SMILES string of the molecule is CC(=O)N1CCN(c2cc(C(=O)Nc3ccc(C)c(Cl)c3)nc(C)n2)CC1. The molecule has 1 N–H and O–H groups in total. The molecule has 142 valence electrons. The van der Waals surface area contributed by atoms with Gasteiger partial charge in [-0.2, -0.15) is 0 Å². The van der Waals surface area contributed by atoms with Gasteiger partial charge in [0.15, 0.2) is 0 Å². The second-order valence-electron chi connectivity index (χ2n) is 6.57. The Morgan fingerprint density at radius 2 is 1.78 bits per heavy atom. The van der Waals surface area contributed by atoms with Crippen LogP contribution in [0.5, 0.6) is 0 Å². The van der Waals surface area contributed by atoms with Gasteiger partial charge in [-0.25, -0.2) is 9.97 Å². The van der Waals surface area contributed by atoms with Crippen molar-refractivity contribution in [2.75, 3.05) is 36.4 Å². The van der Waals surface area contributed by atoms with Crippen molar-refractivity contribution < 1.29 is 9.59 Å². The number of nitrogens with one attached hydrogen (secondary N) is 1. The molecule has 1 aliphatic heterocycles. The minimum absolute atomic E-state index is 0.0744. The monoisotopic (exact) mass is 387 g/mol. The summed E-state index contributed by atoms with van der Waals surface area (Å²) in [6.45, 7) is 7.86. The van der Waals surface area contributed by atoms with Crippen molar-refractivity contribution >= 4 is 34.9 Å². The summed E-state index contributed by atoms with van der Waals surface area (Å²) in [6, 6.07) is 7.05. The van der Waals surface area contributed by atoms with Gasteiger partial charge in [0.1, 0.15) is 17.3 Å². The van der Waals surface area contributed by atoms with E-state index in [2.05, 4.69) is 20.2 Å². The van der Waals surface area contributed by atoms with Crippen LogP contribution in [0.3, 0.4) is 0 Å². The number of anilines is 2. The average molecular weight is 388 g/mol. The molecule has 2 heterocycles. The lowest BCUT2D eigenvalue weighted by atomic mass is 10.2. The van der Waals surface area contributed by atoms with Crippen molar-refractivity contribution in [2.24, 2.45) is 0 Å². The molecule has 0 spiro atoms. The zero-order chi connectivity index (χ0) is 19.6. The molecule has 1 saturated heterocycles. The molecule has 0 unspecified atom stereocenters. The first-order chi connectivity index (χ1) is 12.8. The Labute approximate surface area is 163 Å². The van der Waals surface area contributed by atoms with Crippen LogP contribution in [0.2, 0.25) is 5.02 Å². The van der Waals surface area contributed by atoms with E-state index in [-0.39, 0.29) is 11.8 Å². The van der Waals surface area contributed by atoms with Crippen LogP contribution in [0.4, 0.5) is 11.5 Å². The molecule has 1 aromatic carbocycles. The number of piperazine rings is 1. The normalized spacial score (nSPS) is 14.2. The molecule has 27 heavy (non-hydrogen) atoms. The van der Waals surface area contributed by atoms with Crippen LogP contribution in [0.15, 0.2) is 24.3 Å². The molecule has 2 aromatic rings. The highest BCUT2D eigenvalue weighted by molar-refractivity contribution is 6.31. The maximum Gasteiger partial charge on any atom is 0.274 e. The van der Waals surface area contributed by atoms with Gasteiger partial charge in [-0.05, 0) is 31.5 Å². The summed E-state index contributed by atoms with van der Waals surface area (Å²) in [5.74, 6) is 0.973. The van der Waals surface area contributed by atoms with E-state index in [0.29, 0.717) is 54.2 Å². The van der Waals surface area contributed by atoms with Gasteiger partial charge in [-0.3, -0.25) is 9.59 Å². The van der Waals surface area contributed by atoms with Gasteiger partial charge in [0, 0.05) is 49.9 Å². The van der Waals surface area contributed by atoms with E-state index in [1.807, 2.05) is 13.0 Å². The molecule has 1 aliphatic rings. The molecule has 0 aliphatic carbocycles. The molecule has 1 aromatic heterocycles. The first-order valence-corrected chi connectivity index (χ1v) is 9.15. The number of benzene rings is 1. The Bertz CT molecular complexity index is 878. The van der Waals surface area contributed by atoms with E-state index < -0.39 is 0 Å². The lowest BCUT2D eigenvalue weighted by Gasteiger charge is -2.35. The molecule has 0 saturated carbocycles. The second kappa shape index (κ2) is 7.92. The topological polar surface area (TPSA) is 78.4 Å². The van der Waals surface area contributed by atoms with E-state index in [0.717, 1.165) is 5.56 Å². The Morgan fingerprint density at radius 1 is 1.07 bits per heavy atom. The molecular weight excluding hydrogens is 366 g/mol. The molecular formula is C19H22ClN5O2. The zero-order valence-electron chi connectivity index (χ0n) is 15.6. The zero-order valence-corrected chi connectivity index (χ0v) is 16.4. The number of nitrogens with zero attached hydrogens (tertiary/aromatic N) is 4. The number of hydrogen-bond donors (Lipinski definition) is 1. The van der Waals surface area contributed by atoms with Crippen molar-refractivity contribution in [1.29, 1.82) is 0 Å². The summed E-state index contributed by atoms with van der Waals surface area (Å²) in [5.41, 5.74) is 1.85. The van der Waals surface area contributed by atoms with Crippen LogP contribution < -0.4 is 10.2 Å². The standard InChI is InChI=1S/C19H22ClN5O2/c1-12-4-5-15(10-16(12)20)23-19(27)17-11-18(22-13(2)21-17)25-8-6-24(7-9-25)14(3)26/h4-5,10-11H,6-9H2,1-3H3,(H,23,27). The highest BCUT2D eigenvalue weighted by Crippen LogP contribution is 2.21. The van der Waals surface area contributed by atoms with Crippen LogP contribution in [0, 0.1) is 13.8 Å². The van der Waals surface area contributed by atoms with Crippen molar-refractivity contribution in [1.82, 2.24) is 14.9 Å². The number of amides is 2. The Morgan fingerprint density at radius 3 is 2.41 bits per heavy atom. The highest BCUT2D eigenvalue weighted by atomic mass is 35.5. The van der Waals surface area contributed by atoms with Gasteiger partial charge >= 0.3 is 0 Å². The maximum atomic E-state index is 12.6. The summed E-state index contributed by atoms with van der Waals surface area (Å²) in [6.07, 6.45) is 0. The summed E-state index contributed by atoms with van der Waals surface area (Å²) < 4.78 is 0. The summed E-state index contributed by atoms with van der Waals surface area (Å²) in [5, 5.41) is 3.41. The Hall–Kier alpha value is -2.67. The third kappa shape index (κ3) is 4.54.